The van der Waals surface area contributed by atoms with Crippen LogP contribution in [0, 0.1) is 48.5 Å². The van der Waals surface area contributed by atoms with E-state index in [9.17, 15) is 0 Å². The summed E-state index contributed by atoms with van der Waals surface area (Å²) in [5, 5.41) is 0. The summed E-state index contributed by atoms with van der Waals surface area (Å²) in [7, 11) is 1.71. The highest BCUT2D eigenvalue weighted by Crippen LogP contribution is 2.37. The number of rotatable bonds is 3. The van der Waals surface area contributed by atoms with Crippen molar-refractivity contribution in [2.75, 3.05) is 7.11 Å². The standard InChI is InChI=1S/C20H26O2/c1-11-9-18(10-12(2)19(11)21-8)22-20-16(6)14(4)13(3)15(5)17(20)7/h9-10H,1-8H3. The van der Waals surface area contributed by atoms with Gasteiger partial charge in [-0.3, -0.25) is 0 Å². The van der Waals surface area contributed by atoms with Gasteiger partial charge in [0.25, 0.3) is 0 Å². The molecule has 0 N–H and O–H groups in total. The zero-order chi connectivity index (χ0) is 16.6. The molecule has 22 heavy (non-hydrogen) atoms. The first-order chi connectivity index (χ1) is 10.3. The average molecular weight is 298 g/mol. The number of aryl methyl sites for hydroxylation is 2. The Morgan fingerprint density at radius 2 is 1.00 bits per heavy atom. The van der Waals surface area contributed by atoms with E-state index in [1.54, 1.807) is 7.11 Å². The van der Waals surface area contributed by atoms with Gasteiger partial charge in [-0.2, -0.15) is 0 Å². The van der Waals surface area contributed by atoms with Crippen LogP contribution >= 0.6 is 0 Å². The highest BCUT2D eigenvalue weighted by atomic mass is 16.5. The summed E-state index contributed by atoms with van der Waals surface area (Å²) in [4.78, 5) is 0. The van der Waals surface area contributed by atoms with E-state index in [2.05, 4.69) is 34.6 Å². The van der Waals surface area contributed by atoms with Gasteiger partial charge >= 0.3 is 0 Å². The second kappa shape index (κ2) is 6.04. The molecule has 0 amide bonds. The minimum absolute atomic E-state index is 0.865. The Hall–Kier alpha value is -1.96. The predicted octanol–water partition coefficient (Wildman–Crippen LogP) is 5.65. The Balaban J connectivity index is 2.53. The van der Waals surface area contributed by atoms with E-state index >= 15 is 0 Å². The highest BCUT2D eigenvalue weighted by Gasteiger charge is 2.15. The van der Waals surface area contributed by atoms with Crippen LogP contribution in [-0.2, 0) is 0 Å². The fourth-order valence-electron chi connectivity index (χ4n) is 3.03. The lowest BCUT2D eigenvalue weighted by Gasteiger charge is -2.20. The van der Waals surface area contributed by atoms with Crippen molar-refractivity contribution in [3.8, 4) is 17.2 Å². The van der Waals surface area contributed by atoms with Crippen molar-refractivity contribution in [2.45, 2.75) is 48.5 Å². The molecule has 0 aliphatic carbocycles. The molecule has 0 saturated carbocycles. The van der Waals surface area contributed by atoms with Crippen LogP contribution in [0.2, 0.25) is 0 Å². The Bertz CT molecular complexity index is 675. The zero-order valence-electron chi connectivity index (χ0n) is 15.0. The smallest absolute Gasteiger partial charge is 0.133 e. The van der Waals surface area contributed by atoms with Crippen molar-refractivity contribution < 1.29 is 9.47 Å². The number of benzene rings is 2. The van der Waals surface area contributed by atoms with Crippen molar-refractivity contribution in [1.82, 2.24) is 0 Å². The zero-order valence-corrected chi connectivity index (χ0v) is 15.0. The Morgan fingerprint density at radius 1 is 0.591 bits per heavy atom. The van der Waals surface area contributed by atoms with E-state index in [4.69, 9.17) is 9.47 Å². The molecule has 118 valence electrons. The largest absolute Gasteiger partial charge is 0.496 e. The molecule has 0 unspecified atom stereocenters. The fourth-order valence-corrected chi connectivity index (χ4v) is 3.03. The molecule has 0 saturated heterocycles. The van der Waals surface area contributed by atoms with E-state index < -0.39 is 0 Å². The van der Waals surface area contributed by atoms with Gasteiger partial charge in [-0.1, -0.05) is 0 Å². The number of ether oxygens (including phenoxy) is 2. The van der Waals surface area contributed by atoms with Gasteiger partial charge in [-0.15, -0.1) is 0 Å². The maximum absolute atomic E-state index is 6.26. The molecule has 0 fully saturated rings. The molecule has 2 aromatic rings. The molecule has 0 aromatic heterocycles. The van der Waals surface area contributed by atoms with Crippen molar-refractivity contribution in [2.24, 2.45) is 0 Å². The summed E-state index contributed by atoms with van der Waals surface area (Å²) in [6.45, 7) is 14.9. The normalized spacial score (nSPS) is 10.7. The summed E-state index contributed by atoms with van der Waals surface area (Å²) in [5.41, 5.74) is 8.57. The van der Waals surface area contributed by atoms with Crippen molar-refractivity contribution >= 4 is 0 Å². The predicted molar refractivity (Wildman–Crippen MR) is 92.7 cm³/mol. The third kappa shape index (κ3) is 2.70. The lowest BCUT2D eigenvalue weighted by Crippen LogP contribution is -2.01. The SMILES string of the molecule is COc1c(C)cc(Oc2c(C)c(C)c(C)c(C)c2C)cc1C. The van der Waals surface area contributed by atoms with Crippen molar-refractivity contribution in [3.05, 3.63) is 51.1 Å². The van der Waals surface area contributed by atoms with Crippen LogP contribution in [0.5, 0.6) is 17.2 Å². The molecule has 0 spiro atoms. The number of hydrogen-bond donors (Lipinski definition) is 0. The molecule has 0 aliphatic rings. The Kier molecular flexibility index (Phi) is 4.50. The quantitative estimate of drug-likeness (QED) is 0.729. The Labute approximate surface area is 134 Å². The second-order valence-corrected chi connectivity index (χ2v) is 6.15. The summed E-state index contributed by atoms with van der Waals surface area (Å²) in [5.74, 6) is 2.77. The minimum Gasteiger partial charge on any atom is -0.496 e. The summed E-state index contributed by atoms with van der Waals surface area (Å²) < 4.78 is 11.7. The summed E-state index contributed by atoms with van der Waals surface area (Å²) in [6, 6.07) is 4.07. The molecular formula is C20H26O2. The summed E-state index contributed by atoms with van der Waals surface area (Å²) >= 11 is 0. The molecule has 0 aliphatic heterocycles. The topological polar surface area (TPSA) is 18.5 Å². The van der Waals surface area contributed by atoms with Gasteiger partial charge in [0.15, 0.2) is 0 Å². The van der Waals surface area contributed by atoms with E-state index in [1.807, 2.05) is 26.0 Å². The van der Waals surface area contributed by atoms with E-state index in [-0.39, 0.29) is 0 Å². The molecule has 2 heteroatoms. The molecule has 0 heterocycles. The van der Waals surface area contributed by atoms with Gasteiger partial charge in [-0.05, 0) is 99.5 Å². The lowest BCUT2D eigenvalue weighted by atomic mass is 9.94. The van der Waals surface area contributed by atoms with Crippen LogP contribution in [0.3, 0.4) is 0 Å². The third-order valence-corrected chi connectivity index (χ3v) is 4.79. The van der Waals surface area contributed by atoms with E-state index in [0.717, 1.165) is 28.4 Å². The molecule has 2 aromatic carbocycles. The first kappa shape index (κ1) is 16.4. The first-order valence-electron chi connectivity index (χ1n) is 7.68. The molecule has 0 bridgehead atoms. The highest BCUT2D eigenvalue weighted by molar-refractivity contribution is 5.55. The number of methoxy groups -OCH3 is 1. The molecular weight excluding hydrogens is 272 g/mol. The average Bonchev–Trinajstić information content (AvgIpc) is 2.47. The summed E-state index contributed by atoms with van der Waals surface area (Å²) in [6.07, 6.45) is 0. The van der Waals surface area contributed by atoms with Gasteiger partial charge in [-0.25, -0.2) is 0 Å². The van der Waals surface area contributed by atoms with Gasteiger partial charge in [0, 0.05) is 0 Å². The first-order valence-corrected chi connectivity index (χ1v) is 7.68. The van der Waals surface area contributed by atoms with Crippen LogP contribution in [-0.4, -0.2) is 7.11 Å². The van der Waals surface area contributed by atoms with E-state index in [0.29, 0.717) is 0 Å². The molecule has 2 rings (SSSR count). The van der Waals surface area contributed by atoms with Gasteiger partial charge < -0.3 is 9.47 Å². The maximum Gasteiger partial charge on any atom is 0.133 e. The van der Waals surface area contributed by atoms with Crippen molar-refractivity contribution in [3.63, 3.8) is 0 Å². The minimum atomic E-state index is 0.865. The van der Waals surface area contributed by atoms with E-state index in [1.165, 1.54) is 27.8 Å². The van der Waals surface area contributed by atoms with Crippen LogP contribution in [0.4, 0.5) is 0 Å². The lowest BCUT2D eigenvalue weighted by molar-refractivity contribution is 0.406. The van der Waals surface area contributed by atoms with Crippen molar-refractivity contribution in [1.29, 1.82) is 0 Å². The Morgan fingerprint density at radius 3 is 1.41 bits per heavy atom. The monoisotopic (exact) mass is 298 g/mol. The number of hydrogen-bond acceptors (Lipinski definition) is 2. The fraction of sp³-hybridized carbons (Fsp3) is 0.400. The maximum atomic E-state index is 6.26. The van der Waals surface area contributed by atoms with Crippen LogP contribution in [0.25, 0.3) is 0 Å². The molecule has 0 atom stereocenters. The van der Waals surface area contributed by atoms with Crippen LogP contribution < -0.4 is 9.47 Å². The van der Waals surface area contributed by atoms with Gasteiger partial charge in [0.1, 0.15) is 17.2 Å². The van der Waals surface area contributed by atoms with Crippen LogP contribution in [0.15, 0.2) is 12.1 Å². The third-order valence-electron chi connectivity index (χ3n) is 4.79. The molecule has 0 radical (unpaired) electrons. The van der Waals surface area contributed by atoms with Gasteiger partial charge in [0.05, 0.1) is 7.11 Å². The second-order valence-electron chi connectivity index (χ2n) is 6.15. The molecule has 2 nitrogen and oxygen atoms in total. The van der Waals surface area contributed by atoms with Gasteiger partial charge in [0.2, 0.25) is 0 Å². The van der Waals surface area contributed by atoms with Crippen LogP contribution in [0.1, 0.15) is 38.9 Å².